The lowest BCUT2D eigenvalue weighted by Crippen LogP contribution is -2.33. The Morgan fingerprint density at radius 1 is 1.21 bits per heavy atom. The smallest absolute Gasteiger partial charge is 0.215 e. The second-order valence-electron chi connectivity index (χ2n) is 6.97. The summed E-state index contributed by atoms with van der Waals surface area (Å²) in [5.74, 6) is 1.31. The first-order valence-electron chi connectivity index (χ1n) is 9.23. The minimum absolute atomic E-state index is 0.0162. The van der Waals surface area contributed by atoms with Crippen LogP contribution in [0.2, 0.25) is 5.02 Å². The number of phenols is 1. The number of ether oxygens (including phenoxy) is 2. The Morgan fingerprint density at radius 2 is 2.10 bits per heavy atom. The molecule has 1 aromatic heterocycles. The van der Waals surface area contributed by atoms with Crippen molar-refractivity contribution >= 4 is 17.3 Å². The zero-order chi connectivity index (χ0) is 20.0. The molecule has 0 saturated heterocycles. The summed E-state index contributed by atoms with van der Waals surface area (Å²) in [6, 6.07) is 14.8. The van der Waals surface area contributed by atoms with Crippen molar-refractivity contribution in [3.8, 4) is 17.2 Å². The third-order valence-electron chi connectivity index (χ3n) is 5.23. The number of hydrogen-bond donors (Lipinski definition) is 1. The van der Waals surface area contributed by atoms with Gasteiger partial charge in [0.25, 0.3) is 0 Å². The first-order chi connectivity index (χ1) is 14.1. The second kappa shape index (κ2) is 6.97. The molecule has 3 heterocycles. The van der Waals surface area contributed by atoms with Crippen molar-refractivity contribution in [1.29, 1.82) is 0 Å². The van der Waals surface area contributed by atoms with Gasteiger partial charge in [0.05, 0.1) is 18.9 Å². The fourth-order valence-electron chi connectivity index (χ4n) is 3.83. The summed E-state index contributed by atoms with van der Waals surface area (Å²) >= 11 is 6.27. The molecule has 0 amide bonds. The van der Waals surface area contributed by atoms with Crippen LogP contribution in [0.5, 0.6) is 17.2 Å². The predicted molar refractivity (Wildman–Crippen MR) is 109 cm³/mol. The molecule has 0 unspecified atom stereocenters. The van der Waals surface area contributed by atoms with E-state index in [0.717, 1.165) is 28.2 Å². The van der Waals surface area contributed by atoms with Crippen LogP contribution >= 0.6 is 11.6 Å². The van der Waals surface area contributed by atoms with Crippen LogP contribution in [0.3, 0.4) is 0 Å². The van der Waals surface area contributed by atoms with Gasteiger partial charge in [-0.2, -0.15) is 5.10 Å². The van der Waals surface area contributed by atoms with E-state index in [-0.39, 0.29) is 18.0 Å². The average Bonchev–Trinajstić information content (AvgIpc) is 3.20. The molecule has 2 atom stereocenters. The van der Waals surface area contributed by atoms with Gasteiger partial charge in [0.1, 0.15) is 5.75 Å². The summed E-state index contributed by atoms with van der Waals surface area (Å²) in [5.41, 5.74) is 3.70. The highest BCUT2D eigenvalue weighted by Gasteiger charge is 2.41. The van der Waals surface area contributed by atoms with Crippen molar-refractivity contribution in [2.24, 2.45) is 5.10 Å². The molecule has 2 aromatic carbocycles. The third-order valence-corrected chi connectivity index (χ3v) is 5.47. The quantitative estimate of drug-likeness (QED) is 0.682. The molecule has 7 heteroatoms. The van der Waals surface area contributed by atoms with Crippen LogP contribution in [0, 0.1) is 0 Å². The van der Waals surface area contributed by atoms with E-state index in [2.05, 4.69) is 4.98 Å². The van der Waals surface area contributed by atoms with E-state index in [1.165, 1.54) is 7.11 Å². The lowest BCUT2D eigenvalue weighted by Gasteiger charge is -2.38. The highest BCUT2D eigenvalue weighted by atomic mass is 35.5. The van der Waals surface area contributed by atoms with Crippen LogP contribution in [0.25, 0.3) is 0 Å². The molecule has 0 aliphatic carbocycles. The molecule has 29 heavy (non-hydrogen) atoms. The molecule has 146 valence electrons. The molecule has 3 aromatic rings. The fourth-order valence-corrected chi connectivity index (χ4v) is 4.01. The number of nitrogens with zero attached hydrogens (tertiary/aromatic N) is 3. The summed E-state index contributed by atoms with van der Waals surface area (Å²) < 4.78 is 11.5. The molecule has 0 fully saturated rings. The molecule has 2 aliphatic heterocycles. The average molecular weight is 408 g/mol. The Morgan fingerprint density at radius 3 is 2.90 bits per heavy atom. The maximum atomic E-state index is 9.92. The summed E-state index contributed by atoms with van der Waals surface area (Å²) in [5, 5.41) is 17.4. The number of phenolic OH excluding ortho intramolecular Hbond substituents is 1. The zero-order valence-electron chi connectivity index (χ0n) is 15.6. The van der Waals surface area contributed by atoms with Gasteiger partial charge in [-0.15, -0.1) is 0 Å². The van der Waals surface area contributed by atoms with Crippen molar-refractivity contribution in [1.82, 2.24) is 9.99 Å². The highest BCUT2D eigenvalue weighted by Crippen LogP contribution is 2.48. The van der Waals surface area contributed by atoms with Crippen LogP contribution in [0.1, 0.15) is 35.4 Å². The monoisotopic (exact) mass is 407 g/mol. The minimum atomic E-state index is -0.390. The zero-order valence-corrected chi connectivity index (χ0v) is 16.4. The molecule has 0 radical (unpaired) electrons. The summed E-state index contributed by atoms with van der Waals surface area (Å²) in [6.07, 6.45) is 3.82. The summed E-state index contributed by atoms with van der Waals surface area (Å²) in [4.78, 5) is 4.23. The molecule has 6 nitrogen and oxygen atoms in total. The second-order valence-corrected chi connectivity index (χ2v) is 7.41. The van der Waals surface area contributed by atoms with Gasteiger partial charge < -0.3 is 14.6 Å². The topological polar surface area (TPSA) is 67.2 Å². The number of aromatic hydroxyl groups is 1. The Bertz CT molecular complexity index is 1100. The number of rotatable bonds is 3. The summed E-state index contributed by atoms with van der Waals surface area (Å²) in [6.45, 7) is 0. The van der Waals surface area contributed by atoms with Crippen molar-refractivity contribution < 1.29 is 14.6 Å². The van der Waals surface area contributed by atoms with E-state index in [0.29, 0.717) is 17.2 Å². The standard InChI is InChI=1S/C22H18ClN3O3/c1-28-21-9-13(4-6-19(21)27)17-11-18-16-10-15(23)5-7-20(16)29-22(26(18)25-17)14-3-2-8-24-12-14/h2-10,12,18,22,27H,11H2,1H3/t18-,22-/m1/s1. The van der Waals surface area contributed by atoms with Crippen LogP contribution in [-0.2, 0) is 0 Å². The molecule has 1 N–H and O–H groups in total. The molecule has 0 bridgehead atoms. The minimum Gasteiger partial charge on any atom is -0.504 e. The van der Waals surface area contributed by atoms with Gasteiger partial charge >= 0.3 is 0 Å². The Kier molecular flexibility index (Phi) is 4.28. The van der Waals surface area contributed by atoms with E-state index >= 15 is 0 Å². The lowest BCUT2D eigenvalue weighted by molar-refractivity contribution is -0.0192. The van der Waals surface area contributed by atoms with Gasteiger partial charge in [0, 0.05) is 40.5 Å². The number of aromatic nitrogens is 1. The van der Waals surface area contributed by atoms with Gasteiger partial charge in [-0.3, -0.25) is 4.98 Å². The molecule has 0 spiro atoms. The highest BCUT2D eigenvalue weighted by molar-refractivity contribution is 6.30. The van der Waals surface area contributed by atoms with Crippen molar-refractivity contribution in [3.63, 3.8) is 0 Å². The first-order valence-corrected chi connectivity index (χ1v) is 9.61. The normalized spacial score (nSPS) is 19.8. The number of halogens is 1. The van der Waals surface area contributed by atoms with Gasteiger partial charge in [0.15, 0.2) is 11.5 Å². The SMILES string of the molecule is COc1cc(C2=NN3[C@H](C2)c2cc(Cl)ccc2O[C@@H]3c2cccnc2)ccc1O. The number of hydrogen-bond acceptors (Lipinski definition) is 6. The lowest BCUT2D eigenvalue weighted by atomic mass is 9.96. The Hall–Kier alpha value is -3.25. The van der Waals surface area contributed by atoms with Crippen molar-refractivity contribution in [3.05, 3.63) is 82.6 Å². The Balaban J connectivity index is 1.60. The van der Waals surface area contributed by atoms with Gasteiger partial charge in [-0.1, -0.05) is 17.7 Å². The first kappa shape index (κ1) is 17.8. The van der Waals surface area contributed by atoms with E-state index in [4.69, 9.17) is 26.2 Å². The molecular weight excluding hydrogens is 390 g/mol. The number of pyridine rings is 1. The van der Waals surface area contributed by atoms with E-state index in [9.17, 15) is 5.11 Å². The molecular formula is C22H18ClN3O3. The predicted octanol–water partition coefficient (Wildman–Crippen LogP) is 4.69. The van der Waals surface area contributed by atoms with E-state index in [1.54, 1.807) is 24.5 Å². The number of fused-ring (bicyclic) bond motifs is 3. The van der Waals surface area contributed by atoms with Crippen LogP contribution in [-0.4, -0.2) is 27.9 Å². The maximum absolute atomic E-state index is 9.92. The fraction of sp³-hybridized carbons (Fsp3) is 0.182. The summed E-state index contributed by atoms with van der Waals surface area (Å²) in [7, 11) is 1.53. The number of hydrazone groups is 1. The van der Waals surface area contributed by atoms with Gasteiger partial charge in [-0.25, -0.2) is 5.01 Å². The number of methoxy groups -OCH3 is 1. The van der Waals surface area contributed by atoms with E-state index < -0.39 is 0 Å². The Labute approximate surface area is 173 Å². The number of benzene rings is 2. The van der Waals surface area contributed by atoms with Crippen LogP contribution < -0.4 is 9.47 Å². The maximum Gasteiger partial charge on any atom is 0.215 e. The third kappa shape index (κ3) is 3.06. The van der Waals surface area contributed by atoms with Gasteiger partial charge in [-0.05, 0) is 42.5 Å². The molecule has 0 saturated carbocycles. The largest absolute Gasteiger partial charge is 0.504 e. The van der Waals surface area contributed by atoms with Crippen molar-refractivity contribution in [2.75, 3.05) is 7.11 Å². The molecule has 2 aliphatic rings. The van der Waals surface area contributed by atoms with Crippen molar-refractivity contribution in [2.45, 2.75) is 18.7 Å². The van der Waals surface area contributed by atoms with Crippen LogP contribution in [0.4, 0.5) is 0 Å². The van der Waals surface area contributed by atoms with E-state index in [1.807, 2.05) is 41.4 Å². The molecule has 5 rings (SSSR count). The van der Waals surface area contributed by atoms with Gasteiger partial charge in [0.2, 0.25) is 6.23 Å². The van der Waals surface area contributed by atoms with Crippen LogP contribution in [0.15, 0.2) is 66.0 Å².